The highest BCUT2D eigenvalue weighted by Gasteiger charge is 2.05. The summed E-state index contributed by atoms with van der Waals surface area (Å²) >= 11 is 0. The van der Waals surface area contributed by atoms with E-state index in [0.29, 0.717) is 27.8 Å². The second-order valence-electron chi connectivity index (χ2n) is 8.31. The number of halogens is 1. The number of benzene rings is 3. The highest BCUT2D eigenvalue weighted by Crippen LogP contribution is 2.12. The monoisotopic (exact) mass is 492 g/mol. The van der Waals surface area contributed by atoms with Crippen LogP contribution in [0, 0.1) is 29.5 Å². The lowest BCUT2D eigenvalue weighted by atomic mass is 10.1. The topological polar surface area (TPSA) is 52.6 Å². The molecule has 0 N–H and O–H groups in total. The minimum atomic E-state index is -0.480. The fourth-order valence-electron chi connectivity index (χ4n) is 3.00. The van der Waals surface area contributed by atoms with Gasteiger partial charge < -0.3 is 9.47 Å². The van der Waals surface area contributed by atoms with E-state index in [1.165, 1.54) is 6.07 Å². The fraction of sp³-hybridized carbons (Fsp3) is 0.125. The number of ether oxygens (including phenoxy) is 2. The maximum atomic E-state index is 14.7. The summed E-state index contributed by atoms with van der Waals surface area (Å²) in [4.78, 5) is 23.1. The average Bonchev–Trinajstić information content (AvgIpc) is 2.89. The van der Waals surface area contributed by atoms with Gasteiger partial charge in [0.2, 0.25) is 0 Å². The molecule has 0 aliphatic rings. The van der Waals surface area contributed by atoms with E-state index in [1.54, 1.807) is 44.2 Å². The van der Waals surface area contributed by atoms with Gasteiger partial charge in [0.25, 0.3) is 0 Å². The minimum Gasteiger partial charge on any atom is -0.457 e. The van der Waals surface area contributed by atoms with Crippen LogP contribution in [-0.2, 0) is 32.3 Å². The molecule has 0 heterocycles. The maximum Gasteiger partial charge on any atom is 0.333 e. The fourth-order valence-corrected chi connectivity index (χ4v) is 3.00. The van der Waals surface area contributed by atoms with Gasteiger partial charge in [-0.2, -0.15) is 0 Å². The molecule has 4 nitrogen and oxygen atoms in total. The van der Waals surface area contributed by atoms with Gasteiger partial charge in [-0.3, -0.25) is 0 Å². The highest BCUT2D eigenvalue weighted by molar-refractivity contribution is 5.87. The molecule has 0 aliphatic heterocycles. The molecule has 3 rings (SSSR count). The molecule has 0 saturated heterocycles. The van der Waals surface area contributed by atoms with Crippen molar-refractivity contribution in [2.24, 2.45) is 0 Å². The Morgan fingerprint density at radius 1 is 0.703 bits per heavy atom. The molecule has 3 aromatic carbocycles. The molecule has 0 atom stereocenters. The Morgan fingerprint density at radius 2 is 1.16 bits per heavy atom. The van der Waals surface area contributed by atoms with Crippen LogP contribution < -0.4 is 0 Å². The van der Waals surface area contributed by atoms with Gasteiger partial charge in [-0.15, -0.1) is 0 Å². The smallest absolute Gasteiger partial charge is 0.333 e. The summed E-state index contributed by atoms with van der Waals surface area (Å²) in [6.45, 7) is 10.5. The van der Waals surface area contributed by atoms with E-state index in [0.717, 1.165) is 11.1 Å². The largest absolute Gasteiger partial charge is 0.457 e. The number of hydrogen-bond donors (Lipinski definition) is 0. The van der Waals surface area contributed by atoms with Gasteiger partial charge in [0.15, 0.2) is 0 Å². The van der Waals surface area contributed by atoms with E-state index < -0.39 is 17.8 Å². The zero-order valence-electron chi connectivity index (χ0n) is 20.7. The Hall–Kier alpha value is -4.87. The first-order valence-electron chi connectivity index (χ1n) is 11.4. The number of carbonyl (C=O) groups excluding carboxylic acids is 2. The molecule has 0 spiro atoms. The molecule has 0 saturated carbocycles. The van der Waals surface area contributed by atoms with Crippen LogP contribution in [0.3, 0.4) is 0 Å². The molecule has 5 heteroatoms. The number of hydrogen-bond acceptors (Lipinski definition) is 4. The summed E-state index contributed by atoms with van der Waals surface area (Å²) in [6, 6.07) is 19.1. The summed E-state index contributed by atoms with van der Waals surface area (Å²) < 4.78 is 25.0. The summed E-state index contributed by atoms with van der Waals surface area (Å²) in [5, 5.41) is 0. The first-order valence-corrected chi connectivity index (χ1v) is 11.4. The number of carbonyl (C=O) groups is 2. The first-order chi connectivity index (χ1) is 17.7. The molecule has 0 fully saturated rings. The van der Waals surface area contributed by atoms with Gasteiger partial charge in [-0.1, -0.05) is 61.1 Å². The van der Waals surface area contributed by atoms with E-state index in [2.05, 4.69) is 36.8 Å². The Kier molecular flexibility index (Phi) is 9.19. The zero-order valence-corrected chi connectivity index (χ0v) is 20.7. The van der Waals surface area contributed by atoms with Crippen LogP contribution in [0.1, 0.15) is 47.2 Å². The van der Waals surface area contributed by atoms with Gasteiger partial charge in [0.05, 0.1) is 5.56 Å². The summed E-state index contributed by atoms with van der Waals surface area (Å²) in [6.07, 6.45) is 0. The highest BCUT2D eigenvalue weighted by atomic mass is 19.1. The number of rotatable bonds is 6. The Morgan fingerprint density at radius 3 is 1.62 bits per heavy atom. The Bertz CT molecular complexity index is 1490. The minimum absolute atomic E-state index is 0.103. The van der Waals surface area contributed by atoms with Gasteiger partial charge in [0.1, 0.15) is 19.0 Å². The molecular formula is C32H25FO4. The van der Waals surface area contributed by atoms with Gasteiger partial charge >= 0.3 is 11.9 Å². The van der Waals surface area contributed by atoms with E-state index in [1.807, 2.05) is 30.3 Å². The van der Waals surface area contributed by atoms with Crippen molar-refractivity contribution in [1.82, 2.24) is 0 Å². The predicted octanol–water partition coefficient (Wildman–Crippen LogP) is 5.86. The van der Waals surface area contributed by atoms with Crippen molar-refractivity contribution in [3.8, 4) is 23.7 Å². The van der Waals surface area contributed by atoms with Gasteiger partial charge in [-0.25, -0.2) is 14.0 Å². The molecule has 0 radical (unpaired) electrons. The van der Waals surface area contributed by atoms with Crippen molar-refractivity contribution in [2.45, 2.75) is 27.1 Å². The van der Waals surface area contributed by atoms with Crippen molar-refractivity contribution in [2.75, 3.05) is 0 Å². The summed E-state index contributed by atoms with van der Waals surface area (Å²) in [5.41, 5.74) is 4.34. The second-order valence-corrected chi connectivity index (χ2v) is 8.31. The third kappa shape index (κ3) is 8.38. The van der Waals surface area contributed by atoms with Gasteiger partial charge in [0, 0.05) is 27.8 Å². The Labute approximate surface area is 216 Å². The lowest BCUT2D eigenvalue weighted by Crippen LogP contribution is -2.04. The molecular weight excluding hydrogens is 467 g/mol. The van der Waals surface area contributed by atoms with Crippen molar-refractivity contribution < 1.29 is 23.5 Å². The normalized spacial score (nSPS) is 9.70. The summed E-state index contributed by atoms with van der Waals surface area (Å²) in [5.74, 6) is 10.3. The van der Waals surface area contributed by atoms with Crippen molar-refractivity contribution in [3.05, 3.63) is 130 Å². The quantitative estimate of drug-likeness (QED) is 0.246. The molecule has 3 aromatic rings. The van der Waals surface area contributed by atoms with Crippen molar-refractivity contribution in [3.63, 3.8) is 0 Å². The van der Waals surface area contributed by atoms with E-state index in [-0.39, 0.29) is 18.8 Å². The van der Waals surface area contributed by atoms with E-state index in [9.17, 15) is 14.0 Å². The van der Waals surface area contributed by atoms with Crippen LogP contribution in [0.5, 0.6) is 0 Å². The molecule has 37 heavy (non-hydrogen) atoms. The van der Waals surface area contributed by atoms with Crippen molar-refractivity contribution >= 4 is 11.9 Å². The summed E-state index contributed by atoms with van der Waals surface area (Å²) in [7, 11) is 0. The second kappa shape index (κ2) is 12.7. The van der Waals surface area contributed by atoms with E-state index in [4.69, 9.17) is 9.47 Å². The molecule has 0 aliphatic carbocycles. The van der Waals surface area contributed by atoms with Crippen molar-refractivity contribution in [1.29, 1.82) is 0 Å². The maximum absolute atomic E-state index is 14.7. The third-order valence-electron chi connectivity index (χ3n) is 4.95. The average molecular weight is 493 g/mol. The lowest BCUT2D eigenvalue weighted by Gasteiger charge is -2.04. The van der Waals surface area contributed by atoms with Crippen LogP contribution >= 0.6 is 0 Å². The molecule has 0 bridgehead atoms. The standard InChI is InChI=1S/C32H25FO4/c1-22(2)31(34)36-20-27-9-5-7-24(17-27)11-12-26-14-16-29(30(33)19-26)15-13-25-8-6-10-28(18-25)21-37-32(35)23(3)4/h5-10,14,16-19H,1,3,20-21H2,2,4H3. The van der Waals surface area contributed by atoms with Crippen LogP contribution in [0.25, 0.3) is 0 Å². The zero-order chi connectivity index (χ0) is 26.8. The van der Waals surface area contributed by atoms with Crippen LogP contribution in [0.15, 0.2) is 91.0 Å². The molecule has 0 amide bonds. The third-order valence-corrected chi connectivity index (χ3v) is 4.95. The predicted molar refractivity (Wildman–Crippen MR) is 140 cm³/mol. The Balaban J connectivity index is 1.68. The van der Waals surface area contributed by atoms with Crippen LogP contribution in [0.2, 0.25) is 0 Å². The molecule has 0 unspecified atom stereocenters. The molecule has 0 aromatic heterocycles. The number of esters is 2. The van der Waals surface area contributed by atoms with Crippen LogP contribution in [-0.4, -0.2) is 11.9 Å². The molecule has 184 valence electrons. The van der Waals surface area contributed by atoms with E-state index >= 15 is 0 Å². The SMILES string of the molecule is C=C(C)C(=O)OCc1cccc(C#Cc2ccc(C#Cc3cccc(COC(=O)C(=C)C)c3)c(F)c2)c1. The van der Waals surface area contributed by atoms with Gasteiger partial charge in [-0.05, 0) is 67.4 Å². The first kappa shape index (κ1) is 26.7. The van der Waals surface area contributed by atoms with Crippen LogP contribution in [0.4, 0.5) is 4.39 Å². The lowest BCUT2D eigenvalue weighted by molar-refractivity contribution is -0.141.